The maximum atomic E-state index is 11.3. The van der Waals surface area contributed by atoms with Gasteiger partial charge >= 0.3 is 0 Å². The van der Waals surface area contributed by atoms with Gasteiger partial charge in [0.15, 0.2) is 0 Å². The maximum absolute atomic E-state index is 11.3. The molecule has 0 aromatic heterocycles. The van der Waals surface area contributed by atoms with Crippen LogP contribution < -0.4 is 0 Å². The summed E-state index contributed by atoms with van der Waals surface area (Å²) in [5.74, 6) is 1.99. The van der Waals surface area contributed by atoms with Gasteiger partial charge < -0.3 is 15.3 Å². The normalized spacial score (nSPS) is 56.0. The van der Waals surface area contributed by atoms with Gasteiger partial charge in [-0.1, -0.05) is 32.4 Å². The molecular formula is C28H46O3. The number of aliphatic hydroxyl groups is 3. The van der Waals surface area contributed by atoms with Crippen LogP contribution in [0.5, 0.6) is 0 Å². The molecule has 5 fully saturated rings. The Bertz CT molecular complexity index is 757. The third kappa shape index (κ3) is 2.75. The van der Waals surface area contributed by atoms with Crippen molar-refractivity contribution < 1.29 is 15.3 Å². The van der Waals surface area contributed by atoms with Crippen molar-refractivity contribution in [2.45, 2.75) is 117 Å². The lowest BCUT2D eigenvalue weighted by Gasteiger charge is -2.62. The first-order valence-electron chi connectivity index (χ1n) is 13.2. The number of hydrogen-bond donors (Lipinski definition) is 3. The average molecular weight is 431 g/mol. The summed E-state index contributed by atoms with van der Waals surface area (Å²) in [6.45, 7) is 12.1. The van der Waals surface area contributed by atoms with E-state index in [2.05, 4.69) is 40.7 Å². The van der Waals surface area contributed by atoms with Crippen LogP contribution >= 0.6 is 0 Å². The minimum absolute atomic E-state index is 0.0888. The molecule has 3 N–H and O–H groups in total. The third-order valence-electron chi connectivity index (χ3n) is 12.2. The Morgan fingerprint density at radius 2 is 1.68 bits per heavy atom. The van der Waals surface area contributed by atoms with E-state index in [0.717, 1.165) is 24.7 Å². The Morgan fingerprint density at radius 1 is 0.935 bits per heavy atom. The predicted octanol–water partition coefficient (Wildman–Crippen LogP) is 5.47. The van der Waals surface area contributed by atoms with Gasteiger partial charge in [0.2, 0.25) is 0 Å². The van der Waals surface area contributed by atoms with Crippen LogP contribution in [-0.4, -0.2) is 33.6 Å². The zero-order chi connectivity index (χ0) is 22.4. The van der Waals surface area contributed by atoms with Gasteiger partial charge in [0.1, 0.15) is 0 Å². The van der Waals surface area contributed by atoms with E-state index in [0.29, 0.717) is 23.2 Å². The monoisotopic (exact) mass is 430 g/mol. The van der Waals surface area contributed by atoms with Crippen LogP contribution in [0.1, 0.15) is 98.8 Å². The van der Waals surface area contributed by atoms with E-state index in [9.17, 15) is 15.3 Å². The van der Waals surface area contributed by atoms with Gasteiger partial charge in [0.25, 0.3) is 0 Å². The minimum atomic E-state index is -0.739. The van der Waals surface area contributed by atoms with Gasteiger partial charge in [0, 0.05) is 5.92 Å². The van der Waals surface area contributed by atoms with Gasteiger partial charge in [-0.25, -0.2) is 0 Å². The molecule has 0 bridgehead atoms. The largest absolute Gasteiger partial charge is 0.393 e. The molecule has 5 aliphatic rings. The summed E-state index contributed by atoms with van der Waals surface area (Å²) in [4.78, 5) is 0. The molecule has 11 atom stereocenters. The lowest BCUT2D eigenvalue weighted by molar-refractivity contribution is -0.194. The fourth-order valence-electron chi connectivity index (χ4n) is 10.4. The number of hydrogen-bond acceptors (Lipinski definition) is 3. The Balaban J connectivity index is 1.42. The van der Waals surface area contributed by atoms with Crippen LogP contribution in [0.3, 0.4) is 0 Å². The highest BCUT2D eigenvalue weighted by molar-refractivity contribution is 5.31. The molecule has 31 heavy (non-hydrogen) atoms. The highest BCUT2D eigenvalue weighted by Crippen LogP contribution is 2.87. The zero-order valence-corrected chi connectivity index (χ0v) is 20.5. The lowest BCUT2D eigenvalue weighted by atomic mass is 9.43. The first-order chi connectivity index (χ1) is 14.5. The second kappa shape index (κ2) is 7.06. The Kier molecular flexibility index (Phi) is 5.10. The lowest BCUT2D eigenvalue weighted by Crippen LogP contribution is -2.60. The summed E-state index contributed by atoms with van der Waals surface area (Å²) in [6.07, 6.45) is 12.0. The van der Waals surface area contributed by atoms with E-state index >= 15 is 0 Å². The number of aliphatic hydroxyl groups excluding tert-OH is 3. The molecule has 0 aliphatic heterocycles. The summed E-state index contributed by atoms with van der Waals surface area (Å²) >= 11 is 0. The van der Waals surface area contributed by atoms with Gasteiger partial charge in [-0.05, 0) is 117 Å². The molecule has 0 heterocycles. The van der Waals surface area contributed by atoms with Crippen LogP contribution in [0.25, 0.3) is 0 Å². The molecule has 5 rings (SSSR count). The van der Waals surface area contributed by atoms with Crippen LogP contribution in [0.2, 0.25) is 0 Å². The zero-order valence-electron chi connectivity index (χ0n) is 20.5. The molecule has 5 saturated carbocycles. The van der Waals surface area contributed by atoms with Crippen LogP contribution in [0.15, 0.2) is 11.6 Å². The molecule has 0 amide bonds. The smallest absolute Gasteiger partial charge is 0.0857 e. The summed E-state index contributed by atoms with van der Waals surface area (Å²) < 4.78 is 0. The van der Waals surface area contributed by atoms with Crippen LogP contribution in [0.4, 0.5) is 0 Å². The number of fused-ring (bicyclic) bond motifs is 2. The highest BCUT2D eigenvalue weighted by Gasteiger charge is 2.82. The average Bonchev–Trinajstić information content (AvgIpc) is 3.26. The molecule has 3 nitrogen and oxygen atoms in total. The fourth-order valence-corrected chi connectivity index (χ4v) is 10.4. The molecule has 176 valence electrons. The molecule has 3 heteroatoms. The molecule has 5 aliphatic carbocycles. The summed E-state index contributed by atoms with van der Waals surface area (Å²) in [6, 6.07) is 0. The van der Waals surface area contributed by atoms with Crippen molar-refractivity contribution in [1.82, 2.24) is 0 Å². The van der Waals surface area contributed by atoms with E-state index in [4.69, 9.17) is 0 Å². The number of allylic oxidation sites excluding steroid dienone is 2. The minimum Gasteiger partial charge on any atom is -0.393 e. The van der Waals surface area contributed by atoms with E-state index in [1.165, 1.54) is 50.5 Å². The Morgan fingerprint density at radius 3 is 2.39 bits per heavy atom. The van der Waals surface area contributed by atoms with Crippen molar-refractivity contribution in [3.8, 4) is 0 Å². The van der Waals surface area contributed by atoms with Gasteiger partial charge in [0.05, 0.1) is 18.3 Å². The first kappa shape index (κ1) is 22.4. The quantitative estimate of drug-likeness (QED) is 0.518. The summed E-state index contributed by atoms with van der Waals surface area (Å²) in [7, 11) is 0. The molecule has 0 aromatic carbocycles. The molecule has 0 radical (unpaired) electrons. The highest BCUT2D eigenvalue weighted by atomic mass is 16.3. The molecule has 0 saturated heterocycles. The van der Waals surface area contributed by atoms with Crippen molar-refractivity contribution in [2.24, 2.45) is 45.3 Å². The summed E-state index contributed by atoms with van der Waals surface area (Å²) in [5, 5.41) is 32.5. The topological polar surface area (TPSA) is 60.7 Å². The van der Waals surface area contributed by atoms with Crippen molar-refractivity contribution in [3.05, 3.63) is 11.6 Å². The van der Waals surface area contributed by atoms with Crippen molar-refractivity contribution in [2.75, 3.05) is 0 Å². The Hall–Kier alpha value is -0.380. The van der Waals surface area contributed by atoms with E-state index in [1.54, 1.807) is 0 Å². The SMILES string of the molecule is CC(C)=CCC[C@@H](C)[C@H]1CC[C@@]2(C)[C@@H]3C[C@H](O)C4[C@H](O)[C@@H](O)CC[C@@]45C[C@@]35CC[C@]12C. The van der Waals surface area contributed by atoms with E-state index in [-0.39, 0.29) is 16.7 Å². The molecule has 2 spiro atoms. The van der Waals surface area contributed by atoms with Crippen molar-refractivity contribution in [3.63, 3.8) is 0 Å². The third-order valence-corrected chi connectivity index (χ3v) is 12.2. The van der Waals surface area contributed by atoms with Gasteiger partial charge in [-0.2, -0.15) is 0 Å². The Labute approximate surface area is 189 Å². The molecule has 1 unspecified atom stereocenters. The molecule has 0 aromatic rings. The second-order valence-corrected chi connectivity index (χ2v) is 13.3. The summed E-state index contributed by atoms with van der Waals surface area (Å²) in [5.41, 5.74) is 2.48. The standard InChI is InChI=1S/C28H46O3/c1-17(2)7-6-8-18(3)19-9-11-26(5)22-15-21(30)23-24(31)20(29)10-12-28(23)16-27(22,28)14-13-25(19,26)4/h7,18-24,29-31H,6,8-16H2,1-5H3/t18-,19-,20+,21+,22+,23?,24-,25-,26+,27+,28-/m1/s1. The van der Waals surface area contributed by atoms with Gasteiger partial charge in [-0.15, -0.1) is 0 Å². The van der Waals surface area contributed by atoms with E-state index in [1.807, 2.05) is 0 Å². The second-order valence-electron chi connectivity index (χ2n) is 13.3. The molecular weight excluding hydrogens is 384 g/mol. The van der Waals surface area contributed by atoms with Crippen LogP contribution in [0, 0.1) is 45.3 Å². The van der Waals surface area contributed by atoms with E-state index < -0.39 is 18.3 Å². The predicted molar refractivity (Wildman–Crippen MR) is 124 cm³/mol. The maximum Gasteiger partial charge on any atom is 0.0857 e. The van der Waals surface area contributed by atoms with Crippen LogP contribution in [-0.2, 0) is 0 Å². The van der Waals surface area contributed by atoms with Gasteiger partial charge in [-0.3, -0.25) is 0 Å². The number of rotatable bonds is 4. The van der Waals surface area contributed by atoms with Crippen molar-refractivity contribution >= 4 is 0 Å². The fraction of sp³-hybridized carbons (Fsp3) is 0.929. The van der Waals surface area contributed by atoms with Crippen molar-refractivity contribution in [1.29, 1.82) is 0 Å². The first-order valence-corrected chi connectivity index (χ1v) is 13.2.